The van der Waals surface area contributed by atoms with Gasteiger partial charge in [-0.15, -0.1) is 0 Å². The van der Waals surface area contributed by atoms with Crippen LogP contribution in [0.15, 0.2) is 77.7 Å². The topological polar surface area (TPSA) is 133 Å². The van der Waals surface area contributed by atoms with Crippen molar-refractivity contribution in [1.29, 1.82) is 0 Å². The normalized spacial score (nSPS) is 11.4. The van der Waals surface area contributed by atoms with Crippen LogP contribution in [0.3, 0.4) is 0 Å². The van der Waals surface area contributed by atoms with Gasteiger partial charge in [0.1, 0.15) is 11.6 Å². The molecule has 10 heteroatoms. The molecule has 1 aromatic carbocycles. The molecule has 2 rings (SSSR count). The lowest BCUT2D eigenvalue weighted by Gasteiger charge is -2.22. The maximum atomic E-state index is 13.9. The first-order chi connectivity index (χ1) is 16.6. The van der Waals surface area contributed by atoms with Crippen molar-refractivity contribution < 1.29 is 18.3 Å². The number of hydrazone groups is 1. The van der Waals surface area contributed by atoms with E-state index in [1.165, 1.54) is 13.3 Å². The third-order valence-corrected chi connectivity index (χ3v) is 4.33. The van der Waals surface area contributed by atoms with Gasteiger partial charge < -0.3 is 16.3 Å². The molecular weight excluding hydrogens is 454 g/mol. The standard InChI is InChI=1S/C19H20F2N6O2.C4H8.C2H6/c1-10(20)16(21)11(2)27(24)18(26-23)15-8-14(9-25-17(15)22)12-4-6-13(7-5-12)19(28)29-3;1-3-4-2;1-2/h4-9H,2,23-24H2,1,3H3,(H2,22,25);3-4H,1-2H3;1-2H3/b16-10-,26-18-;4-3-;. The number of carbonyl (C=O) groups excluding carboxylic acids is 1. The summed E-state index contributed by atoms with van der Waals surface area (Å²) in [6.45, 7) is 12.3. The molecule has 8 nitrogen and oxygen atoms in total. The number of methoxy groups -OCH3 is 1. The molecule has 190 valence electrons. The molecule has 0 aliphatic carbocycles. The fourth-order valence-electron chi connectivity index (χ4n) is 2.42. The first-order valence-corrected chi connectivity index (χ1v) is 10.7. The summed E-state index contributed by atoms with van der Waals surface area (Å²) in [6.07, 6.45) is 5.49. The van der Waals surface area contributed by atoms with Crippen LogP contribution in [-0.2, 0) is 4.74 Å². The number of nitrogen functional groups attached to an aromatic ring is 1. The van der Waals surface area contributed by atoms with Crippen molar-refractivity contribution in [2.24, 2.45) is 16.8 Å². The Kier molecular flexibility index (Phi) is 13.9. The first kappa shape index (κ1) is 31.0. The molecule has 0 saturated heterocycles. The van der Waals surface area contributed by atoms with Crippen molar-refractivity contribution in [2.75, 3.05) is 12.8 Å². The van der Waals surface area contributed by atoms with Gasteiger partial charge in [0.2, 0.25) is 0 Å². The summed E-state index contributed by atoms with van der Waals surface area (Å²) >= 11 is 0. The van der Waals surface area contributed by atoms with Crippen molar-refractivity contribution in [3.63, 3.8) is 0 Å². The molecule has 0 radical (unpaired) electrons. The second kappa shape index (κ2) is 15.7. The molecular formula is C25H34F2N6O2. The highest BCUT2D eigenvalue weighted by atomic mass is 19.2. The van der Waals surface area contributed by atoms with Crippen LogP contribution in [0.4, 0.5) is 14.6 Å². The zero-order valence-corrected chi connectivity index (χ0v) is 21.0. The smallest absolute Gasteiger partial charge is 0.337 e. The van der Waals surface area contributed by atoms with Crippen molar-refractivity contribution in [3.05, 3.63) is 83.7 Å². The molecule has 2 aromatic rings. The molecule has 1 heterocycles. The number of hydrogen-bond acceptors (Lipinski definition) is 7. The lowest BCUT2D eigenvalue weighted by atomic mass is 10.0. The number of carbonyl (C=O) groups is 1. The molecule has 0 bridgehead atoms. The minimum absolute atomic E-state index is 0.00809. The maximum Gasteiger partial charge on any atom is 0.337 e. The highest BCUT2D eigenvalue weighted by molar-refractivity contribution is 6.04. The van der Waals surface area contributed by atoms with Crippen LogP contribution in [0.25, 0.3) is 11.1 Å². The number of esters is 1. The van der Waals surface area contributed by atoms with E-state index >= 15 is 0 Å². The summed E-state index contributed by atoms with van der Waals surface area (Å²) in [4.78, 5) is 15.6. The SMILES string of the molecule is C/C=C\C.C=C(/C(F)=C(\C)F)N(N)/C(=N\N)c1cc(-c2ccc(C(=O)OC)cc2)cnc1N.CC. The van der Waals surface area contributed by atoms with E-state index in [2.05, 4.69) is 21.4 Å². The van der Waals surface area contributed by atoms with Crippen LogP contribution in [0.1, 0.15) is 50.5 Å². The number of anilines is 1. The zero-order chi connectivity index (χ0) is 27.1. The van der Waals surface area contributed by atoms with Crippen LogP contribution in [0.2, 0.25) is 0 Å². The number of benzene rings is 1. The number of ether oxygens (including phenoxy) is 1. The average Bonchev–Trinajstić information content (AvgIpc) is 2.89. The third-order valence-electron chi connectivity index (χ3n) is 4.33. The number of nitrogens with two attached hydrogens (primary N) is 3. The quantitative estimate of drug-likeness (QED) is 0.100. The van der Waals surface area contributed by atoms with Crippen molar-refractivity contribution in [2.45, 2.75) is 34.6 Å². The largest absolute Gasteiger partial charge is 0.465 e. The molecule has 1 aromatic heterocycles. The molecule has 35 heavy (non-hydrogen) atoms. The van der Waals surface area contributed by atoms with E-state index in [0.29, 0.717) is 21.7 Å². The van der Waals surface area contributed by atoms with Crippen molar-refractivity contribution in [1.82, 2.24) is 9.99 Å². The predicted octanol–water partition coefficient (Wildman–Crippen LogP) is 5.21. The highest BCUT2D eigenvalue weighted by Crippen LogP contribution is 2.25. The van der Waals surface area contributed by atoms with Gasteiger partial charge in [0.05, 0.1) is 23.9 Å². The summed E-state index contributed by atoms with van der Waals surface area (Å²) in [6, 6.07) is 8.08. The van der Waals surface area contributed by atoms with Crippen molar-refractivity contribution in [3.8, 4) is 11.1 Å². The number of halogens is 2. The minimum Gasteiger partial charge on any atom is -0.465 e. The summed E-state index contributed by atoms with van der Waals surface area (Å²) in [5, 5.41) is 4.21. The molecule has 0 fully saturated rings. The Morgan fingerprint density at radius 1 is 1.14 bits per heavy atom. The van der Waals surface area contributed by atoms with E-state index in [1.54, 1.807) is 30.3 Å². The van der Waals surface area contributed by atoms with Gasteiger partial charge in [0.25, 0.3) is 0 Å². The molecule has 0 atom stereocenters. The molecule has 0 amide bonds. The van der Waals surface area contributed by atoms with E-state index in [1.807, 2.05) is 39.8 Å². The maximum absolute atomic E-state index is 13.9. The Bertz CT molecular complexity index is 1070. The molecule has 6 N–H and O–H groups in total. The van der Waals surface area contributed by atoms with Gasteiger partial charge in [-0.25, -0.2) is 24.4 Å². The fraction of sp³-hybridized carbons (Fsp3) is 0.240. The Hall–Kier alpha value is -4.05. The summed E-state index contributed by atoms with van der Waals surface area (Å²) in [5.41, 5.74) is 7.23. The minimum atomic E-state index is -1.25. The van der Waals surface area contributed by atoms with Crippen molar-refractivity contribution >= 4 is 17.6 Å². The summed E-state index contributed by atoms with van der Waals surface area (Å²) in [5.74, 6) is 8.22. The fourth-order valence-corrected chi connectivity index (χ4v) is 2.42. The zero-order valence-electron chi connectivity index (χ0n) is 21.0. The number of allylic oxidation sites excluding steroid dienone is 4. The van der Waals surface area contributed by atoms with Gasteiger partial charge in [0, 0.05) is 11.8 Å². The Labute approximate surface area is 205 Å². The van der Waals surface area contributed by atoms with Gasteiger partial charge in [-0.3, -0.25) is 5.01 Å². The monoisotopic (exact) mass is 488 g/mol. The van der Waals surface area contributed by atoms with E-state index in [0.717, 1.165) is 6.92 Å². The molecule has 0 spiro atoms. The number of amidine groups is 1. The lowest BCUT2D eigenvalue weighted by molar-refractivity contribution is 0.0600. The van der Waals surface area contributed by atoms with Crippen LogP contribution in [-0.4, -0.2) is 28.9 Å². The number of hydrogen-bond donors (Lipinski definition) is 3. The van der Waals surface area contributed by atoms with E-state index < -0.39 is 23.3 Å². The Balaban J connectivity index is 0.00000174. The van der Waals surface area contributed by atoms with Crippen LogP contribution in [0, 0.1) is 0 Å². The van der Waals surface area contributed by atoms with Gasteiger partial charge in [-0.05, 0) is 44.5 Å². The molecule has 0 saturated carbocycles. The number of hydrazine groups is 1. The number of aromatic nitrogens is 1. The molecule has 0 aliphatic rings. The summed E-state index contributed by atoms with van der Waals surface area (Å²) in [7, 11) is 1.29. The number of pyridine rings is 1. The Morgan fingerprint density at radius 2 is 1.69 bits per heavy atom. The van der Waals surface area contributed by atoms with Crippen LogP contribution in [0.5, 0.6) is 0 Å². The van der Waals surface area contributed by atoms with E-state index in [4.69, 9.17) is 17.4 Å². The van der Waals surface area contributed by atoms with Gasteiger partial charge in [-0.1, -0.05) is 44.7 Å². The average molecular weight is 489 g/mol. The summed E-state index contributed by atoms with van der Waals surface area (Å²) < 4.78 is 31.7. The predicted molar refractivity (Wildman–Crippen MR) is 138 cm³/mol. The van der Waals surface area contributed by atoms with Crippen LogP contribution < -0.4 is 17.4 Å². The second-order valence-corrected chi connectivity index (χ2v) is 6.51. The first-order valence-electron chi connectivity index (χ1n) is 10.7. The Morgan fingerprint density at radius 3 is 2.11 bits per heavy atom. The lowest BCUT2D eigenvalue weighted by Crippen LogP contribution is -2.38. The van der Waals surface area contributed by atoms with E-state index in [9.17, 15) is 13.6 Å². The van der Waals surface area contributed by atoms with Gasteiger partial charge in [-0.2, -0.15) is 5.10 Å². The van der Waals surface area contributed by atoms with Gasteiger partial charge >= 0.3 is 5.97 Å². The second-order valence-electron chi connectivity index (χ2n) is 6.51. The van der Waals surface area contributed by atoms with Crippen LogP contribution >= 0.6 is 0 Å². The highest BCUT2D eigenvalue weighted by Gasteiger charge is 2.21. The number of nitrogens with zero attached hydrogens (tertiary/aromatic N) is 3. The van der Waals surface area contributed by atoms with E-state index in [-0.39, 0.29) is 17.2 Å². The third kappa shape index (κ3) is 8.67. The molecule has 0 unspecified atom stereocenters. The number of rotatable bonds is 5. The molecule has 0 aliphatic heterocycles. The van der Waals surface area contributed by atoms with Gasteiger partial charge in [0.15, 0.2) is 11.7 Å².